The van der Waals surface area contributed by atoms with Crippen LogP contribution >= 0.6 is 11.3 Å². The number of aryl methyl sites for hydroxylation is 1. The molecule has 2 heterocycles. The van der Waals surface area contributed by atoms with E-state index in [0.29, 0.717) is 0 Å². The minimum Gasteiger partial charge on any atom is -0.485 e. The van der Waals surface area contributed by atoms with Gasteiger partial charge in [-0.3, -0.25) is 4.98 Å². The molecule has 3 nitrogen and oxygen atoms in total. The highest BCUT2D eigenvalue weighted by Gasteiger charge is 2.31. The van der Waals surface area contributed by atoms with Gasteiger partial charge in [0.1, 0.15) is 17.4 Å². The molecule has 0 aliphatic rings. The molecule has 19 heavy (non-hydrogen) atoms. The van der Waals surface area contributed by atoms with Crippen molar-refractivity contribution < 1.29 is 17.9 Å². The van der Waals surface area contributed by atoms with Crippen molar-refractivity contribution >= 4 is 11.3 Å². The van der Waals surface area contributed by atoms with Crippen LogP contribution in [0.25, 0.3) is 0 Å². The third kappa shape index (κ3) is 3.66. The molecular weight excluding hydrogens is 277 g/mol. The Bertz CT molecular complexity index is 554. The van der Waals surface area contributed by atoms with Crippen molar-refractivity contribution in [1.29, 1.82) is 0 Å². The van der Waals surface area contributed by atoms with Crippen LogP contribution in [0.1, 0.15) is 23.2 Å². The van der Waals surface area contributed by atoms with Crippen molar-refractivity contribution in [2.24, 2.45) is 0 Å². The van der Waals surface area contributed by atoms with Crippen LogP contribution in [-0.4, -0.2) is 9.97 Å². The van der Waals surface area contributed by atoms with Gasteiger partial charge >= 0.3 is 6.18 Å². The van der Waals surface area contributed by atoms with Crippen molar-refractivity contribution in [3.8, 4) is 5.75 Å². The Morgan fingerprint density at radius 1 is 1.32 bits per heavy atom. The molecule has 0 fully saturated rings. The van der Waals surface area contributed by atoms with Crippen LogP contribution in [0.2, 0.25) is 0 Å². The van der Waals surface area contributed by atoms with E-state index >= 15 is 0 Å². The summed E-state index contributed by atoms with van der Waals surface area (Å²) >= 11 is 1.42. The molecular formula is C12H11F3N2OS. The van der Waals surface area contributed by atoms with E-state index in [4.69, 9.17) is 4.74 Å². The number of ether oxygens (including phenoxy) is 1. The molecule has 0 amide bonds. The Labute approximate surface area is 112 Å². The van der Waals surface area contributed by atoms with Crippen LogP contribution < -0.4 is 4.74 Å². The molecule has 0 saturated carbocycles. The first kappa shape index (κ1) is 13.8. The Balaban J connectivity index is 2.03. The molecule has 7 heteroatoms. The zero-order valence-corrected chi connectivity index (χ0v) is 10.9. The number of rotatable bonds is 4. The van der Waals surface area contributed by atoms with Crippen LogP contribution in [0.4, 0.5) is 13.2 Å². The molecule has 2 aromatic rings. The first-order valence-corrected chi connectivity index (χ1v) is 6.45. The van der Waals surface area contributed by atoms with Gasteiger partial charge in [-0.1, -0.05) is 6.92 Å². The molecule has 0 radical (unpaired) electrons. The molecule has 0 atom stereocenters. The van der Waals surface area contributed by atoms with Gasteiger partial charge in [-0.05, 0) is 12.5 Å². The van der Waals surface area contributed by atoms with Crippen molar-refractivity contribution in [3.63, 3.8) is 0 Å². The topological polar surface area (TPSA) is 35.0 Å². The summed E-state index contributed by atoms with van der Waals surface area (Å²) in [7, 11) is 0. The SMILES string of the molecule is CCc1csc(COc2cncc(C(F)(F)F)c2)n1. The van der Waals surface area contributed by atoms with E-state index in [1.807, 2.05) is 12.3 Å². The van der Waals surface area contributed by atoms with E-state index in [-0.39, 0.29) is 12.4 Å². The zero-order chi connectivity index (χ0) is 13.9. The van der Waals surface area contributed by atoms with Gasteiger partial charge in [0.05, 0.1) is 17.5 Å². The summed E-state index contributed by atoms with van der Waals surface area (Å²) in [5.74, 6) is 0.0862. The van der Waals surface area contributed by atoms with E-state index in [0.717, 1.165) is 29.4 Å². The highest BCUT2D eigenvalue weighted by molar-refractivity contribution is 7.09. The lowest BCUT2D eigenvalue weighted by molar-refractivity contribution is -0.137. The highest BCUT2D eigenvalue weighted by Crippen LogP contribution is 2.30. The summed E-state index contributed by atoms with van der Waals surface area (Å²) in [5, 5.41) is 2.64. The second-order valence-electron chi connectivity index (χ2n) is 3.78. The second kappa shape index (κ2) is 5.56. The quantitative estimate of drug-likeness (QED) is 0.860. The molecule has 0 unspecified atom stereocenters. The smallest absolute Gasteiger partial charge is 0.418 e. The minimum atomic E-state index is -4.41. The van der Waals surface area contributed by atoms with Crippen LogP contribution in [0.15, 0.2) is 23.8 Å². The van der Waals surface area contributed by atoms with Crippen molar-refractivity contribution in [1.82, 2.24) is 9.97 Å². The number of pyridine rings is 1. The first-order valence-electron chi connectivity index (χ1n) is 5.57. The maximum Gasteiger partial charge on any atom is 0.418 e. The maximum atomic E-state index is 12.5. The Hall–Kier alpha value is -1.63. The first-order chi connectivity index (χ1) is 8.99. The average molecular weight is 288 g/mol. The third-order valence-corrected chi connectivity index (χ3v) is 3.24. The Morgan fingerprint density at radius 3 is 2.74 bits per heavy atom. The molecule has 0 N–H and O–H groups in total. The fourth-order valence-electron chi connectivity index (χ4n) is 1.38. The lowest BCUT2D eigenvalue weighted by Crippen LogP contribution is -2.06. The molecule has 2 aromatic heterocycles. The lowest BCUT2D eigenvalue weighted by atomic mass is 10.3. The maximum absolute atomic E-state index is 12.5. The van der Waals surface area contributed by atoms with Gasteiger partial charge in [-0.15, -0.1) is 11.3 Å². The average Bonchev–Trinajstić information content (AvgIpc) is 2.84. The summed E-state index contributed by atoms with van der Waals surface area (Å²) < 4.78 is 42.7. The normalized spacial score (nSPS) is 11.6. The summed E-state index contributed by atoms with van der Waals surface area (Å²) in [6.45, 7) is 2.13. The van der Waals surface area contributed by atoms with E-state index in [9.17, 15) is 13.2 Å². The van der Waals surface area contributed by atoms with Crippen molar-refractivity contribution in [2.45, 2.75) is 26.1 Å². The number of aromatic nitrogens is 2. The Kier molecular flexibility index (Phi) is 4.04. The van der Waals surface area contributed by atoms with E-state index < -0.39 is 11.7 Å². The summed E-state index contributed by atoms with van der Waals surface area (Å²) in [6, 6.07) is 0.932. The van der Waals surface area contributed by atoms with Crippen LogP contribution in [0.3, 0.4) is 0 Å². The molecule has 0 spiro atoms. The Morgan fingerprint density at radius 2 is 2.11 bits per heavy atom. The molecule has 102 valence electrons. The molecule has 0 aliphatic heterocycles. The third-order valence-electron chi connectivity index (χ3n) is 2.36. The van der Waals surface area contributed by atoms with Crippen molar-refractivity contribution in [3.05, 3.63) is 40.1 Å². The van der Waals surface area contributed by atoms with E-state index in [1.165, 1.54) is 17.5 Å². The number of thiazole rings is 1. The van der Waals surface area contributed by atoms with E-state index in [2.05, 4.69) is 9.97 Å². The van der Waals surface area contributed by atoms with Crippen LogP contribution in [-0.2, 0) is 19.2 Å². The predicted octanol–water partition coefficient (Wildman–Crippen LogP) is 3.70. The van der Waals surface area contributed by atoms with Gasteiger partial charge < -0.3 is 4.74 Å². The van der Waals surface area contributed by atoms with Crippen LogP contribution in [0.5, 0.6) is 5.75 Å². The van der Waals surface area contributed by atoms with Gasteiger partial charge in [0.15, 0.2) is 0 Å². The number of hydrogen-bond acceptors (Lipinski definition) is 4. The standard InChI is InChI=1S/C12H11F3N2OS/c1-2-9-7-19-11(17-9)6-18-10-3-8(4-16-5-10)12(13,14)15/h3-5,7H,2,6H2,1H3. The van der Waals surface area contributed by atoms with Gasteiger partial charge in [-0.25, -0.2) is 4.98 Å². The van der Waals surface area contributed by atoms with Gasteiger partial charge in [0.2, 0.25) is 0 Å². The van der Waals surface area contributed by atoms with E-state index in [1.54, 1.807) is 0 Å². The largest absolute Gasteiger partial charge is 0.485 e. The molecule has 2 rings (SSSR count). The fraction of sp³-hybridized carbons (Fsp3) is 0.333. The monoisotopic (exact) mass is 288 g/mol. The van der Waals surface area contributed by atoms with Crippen LogP contribution in [0, 0.1) is 0 Å². The summed E-state index contributed by atoms with van der Waals surface area (Å²) in [5.41, 5.74) is 0.129. The predicted molar refractivity (Wildman–Crippen MR) is 65.1 cm³/mol. The molecule has 0 aliphatic carbocycles. The zero-order valence-electron chi connectivity index (χ0n) is 10.1. The van der Waals surface area contributed by atoms with Gasteiger partial charge in [-0.2, -0.15) is 13.2 Å². The summed E-state index contributed by atoms with van der Waals surface area (Å²) in [4.78, 5) is 7.79. The molecule has 0 bridgehead atoms. The van der Waals surface area contributed by atoms with Gasteiger partial charge in [0.25, 0.3) is 0 Å². The van der Waals surface area contributed by atoms with Gasteiger partial charge in [0, 0.05) is 11.6 Å². The number of hydrogen-bond donors (Lipinski definition) is 0. The minimum absolute atomic E-state index is 0.0862. The summed E-state index contributed by atoms with van der Waals surface area (Å²) in [6.07, 6.45) is -1.57. The van der Waals surface area contributed by atoms with Crippen molar-refractivity contribution in [2.75, 3.05) is 0 Å². The molecule has 0 aromatic carbocycles. The second-order valence-corrected chi connectivity index (χ2v) is 4.72. The highest BCUT2D eigenvalue weighted by atomic mass is 32.1. The molecule has 0 saturated heterocycles. The lowest BCUT2D eigenvalue weighted by Gasteiger charge is -2.08. The number of nitrogens with zero attached hydrogens (tertiary/aromatic N) is 2. The fourth-order valence-corrected chi connectivity index (χ4v) is 2.16. The number of halogens is 3. The number of alkyl halides is 3.